The van der Waals surface area contributed by atoms with E-state index < -0.39 is 0 Å². The largest absolute Gasteiger partial charge is 0.354 e. The van der Waals surface area contributed by atoms with Crippen LogP contribution in [0.25, 0.3) is 0 Å². The van der Waals surface area contributed by atoms with Crippen LogP contribution >= 0.6 is 34.9 Å². The summed E-state index contributed by atoms with van der Waals surface area (Å²) in [6.07, 6.45) is 2.68. The van der Waals surface area contributed by atoms with Crippen LogP contribution in [0.4, 0.5) is 5.13 Å². The van der Waals surface area contributed by atoms with Gasteiger partial charge in [0.25, 0.3) is 0 Å². The van der Waals surface area contributed by atoms with Crippen molar-refractivity contribution in [3.05, 3.63) is 65.7 Å². The minimum absolute atomic E-state index is 0.141. The first-order valence-corrected chi connectivity index (χ1v) is 12.9. The first kappa shape index (κ1) is 22.6. The molecule has 0 aliphatic heterocycles. The Balaban J connectivity index is 1.46. The maximum Gasteiger partial charge on any atom is 0.236 e. The van der Waals surface area contributed by atoms with Gasteiger partial charge in [0.15, 0.2) is 9.50 Å². The highest BCUT2D eigenvalue weighted by atomic mass is 32.2. The Kier molecular flexibility index (Phi) is 7.61. The fraction of sp³-hybridized carbons (Fsp3) is 0.286. The fourth-order valence-corrected chi connectivity index (χ4v) is 5.47. The number of nitrogens with zero attached hydrogens (tertiary/aromatic N) is 6. The lowest BCUT2D eigenvalue weighted by Gasteiger charge is -2.11. The highest BCUT2D eigenvalue weighted by Crippen LogP contribution is 2.26. The molecule has 0 radical (unpaired) electrons. The van der Waals surface area contributed by atoms with E-state index >= 15 is 0 Å². The second kappa shape index (κ2) is 10.8. The van der Waals surface area contributed by atoms with Gasteiger partial charge in [0.1, 0.15) is 5.82 Å². The predicted molar refractivity (Wildman–Crippen MR) is 129 cm³/mol. The first-order valence-electron chi connectivity index (χ1n) is 10.1. The van der Waals surface area contributed by atoms with Gasteiger partial charge in [-0.05, 0) is 23.4 Å². The summed E-state index contributed by atoms with van der Waals surface area (Å²) in [5.41, 5.74) is 2.31. The average Bonchev–Trinajstić information content (AvgIpc) is 3.50. The maximum absolute atomic E-state index is 12.5. The highest BCUT2D eigenvalue weighted by Gasteiger charge is 2.17. The van der Waals surface area contributed by atoms with Crippen molar-refractivity contribution >= 4 is 45.9 Å². The van der Waals surface area contributed by atoms with E-state index in [1.54, 1.807) is 11.8 Å². The van der Waals surface area contributed by atoms with E-state index in [1.165, 1.54) is 23.1 Å². The third kappa shape index (κ3) is 5.78. The Hall–Kier alpha value is -2.63. The molecule has 32 heavy (non-hydrogen) atoms. The molecule has 11 heteroatoms. The molecule has 8 nitrogen and oxygen atoms in total. The molecule has 0 saturated heterocycles. The zero-order valence-corrected chi connectivity index (χ0v) is 20.2. The molecule has 4 aromatic rings. The third-order valence-corrected chi connectivity index (χ3v) is 7.44. The van der Waals surface area contributed by atoms with Crippen molar-refractivity contribution in [2.45, 2.75) is 29.4 Å². The van der Waals surface area contributed by atoms with Gasteiger partial charge in [-0.3, -0.25) is 10.1 Å². The Morgan fingerprint density at radius 1 is 1.06 bits per heavy atom. The number of benzene rings is 1. The minimum Gasteiger partial charge on any atom is -0.354 e. The minimum atomic E-state index is -0.141. The lowest BCUT2D eigenvalue weighted by Crippen LogP contribution is -2.15. The van der Waals surface area contributed by atoms with E-state index in [1.807, 2.05) is 37.5 Å². The average molecular weight is 486 g/mol. The summed E-state index contributed by atoms with van der Waals surface area (Å²) < 4.78 is 5.01. The van der Waals surface area contributed by atoms with Crippen LogP contribution < -0.4 is 5.32 Å². The van der Waals surface area contributed by atoms with Crippen LogP contribution in [0.5, 0.6) is 0 Å². The summed E-state index contributed by atoms with van der Waals surface area (Å²) >= 11 is 4.36. The molecule has 0 unspecified atom stereocenters. The number of anilines is 1. The van der Waals surface area contributed by atoms with Gasteiger partial charge >= 0.3 is 0 Å². The van der Waals surface area contributed by atoms with Crippen molar-refractivity contribution in [3.8, 4) is 0 Å². The van der Waals surface area contributed by atoms with E-state index in [0.29, 0.717) is 23.3 Å². The second-order valence-corrected chi connectivity index (χ2v) is 10.3. The van der Waals surface area contributed by atoms with Crippen molar-refractivity contribution in [1.29, 1.82) is 0 Å². The summed E-state index contributed by atoms with van der Waals surface area (Å²) in [6.45, 7) is 2.70. The first-order chi connectivity index (χ1) is 15.6. The number of aryl methyl sites for hydroxylation is 1. The topological polar surface area (TPSA) is 90.5 Å². The molecular weight excluding hydrogens is 462 g/mol. The van der Waals surface area contributed by atoms with Gasteiger partial charge in [0.2, 0.25) is 11.0 Å². The second-order valence-electron chi connectivity index (χ2n) is 6.90. The number of carbonyl (C=O) groups excluding carboxylic acids is 1. The van der Waals surface area contributed by atoms with Crippen molar-refractivity contribution in [2.75, 3.05) is 16.8 Å². The standard InChI is InChI=1S/C21H23N7OS3/c1-3-30-21-26-24-19(32-21)22-18(29)14-31-20-25-23-17(12-16-10-7-11-27(16)2)28(20)13-15-8-5-4-6-9-15/h4-11H,3,12-14H2,1-2H3,(H,22,24,29). The number of thioether (sulfide) groups is 2. The lowest BCUT2D eigenvalue weighted by atomic mass is 10.2. The Bertz CT molecular complexity index is 1170. The summed E-state index contributed by atoms with van der Waals surface area (Å²) in [5.74, 6) is 1.86. The highest BCUT2D eigenvalue weighted by molar-refractivity contribution is 8.01. The van der Waals surface area contributed by atoms with Crippen LogP contribution in [-0.2, 0) is 24.8 Å². The quantitative estimate of drug-likeness (QED) is 0.269. The molecule has 4 rings (SSSR count). The van der Waals surface area contributed by atoms with Crippen LogP contribution in [0, 0.1) is 0 Å². The van der Waals surface area contributed by atoms with Gasteiger partial charge in [-0.15, -0.1) is 20.4 Å². The molecule has 166 valence electrons. The van der Waals surface area contributed by atoms with Crippen LogP contribution in [-0.4, -0.2) is 46.9 Å². The SMILES string of the molecule is CCSc1nnc(NC(=O)CSc2nnc(Cc3cccn3C)n2Cc2ccccc2)s1. The zero-order chi connectivity index (χ0) is 22.3. The smallest absolute Gasteiger partial charge is 0.236 e. The molecule has 1 amide bonds. The number of aromatic nitrogens is 6. The van der Waals surface area contributed by atoms with Crippen molar-refractivity contribution in [1.82, 2.24) is 29.5 Å². The summed E-state index contributed by atoms with van der Waals surface area (Å²) in [7, 11) is 2.02. The molecule has 0 saturated carbocycles. The summed E-state index contributed by atoms with van der Waals surface area (Å²) in [6, 6.07) is 14.3. The number of nitrogens with one attached hydrogen (secondary N) is 1. The molecule has 0 spiro atoms. The fourth-order valence-electron chi connectivity index (χ4n) is 3.05. The zero-order valence-electron chi connectivity index (χ0n) is 17.8. The summed E-state index contributed by atoms with van der Waals surface area (Å²) in [5, 5.41) is 21.0. The number of hydrogen-bond acceptors (Lipinski definition) is 8. The molecule has 3 heterocycles. The van der Waals surface area contributed by atoms with E-state index in [-0.39, 0.29) is 11.7 Å². The Labute approximate surface area is 198 Å². The monoisotopic (exact) mass is 485 g/mol. The molecule has 1 N–H and O–H groups in total. The van der Waals surface area contributed by atoms with Crippen LogP contribution in [0.15, 0.2) is 58.2 Å². The Morgan fingerprint density at radius 2 is 1.91 bits per heavy atom. The normalized spacial score (nSPS) is 11.1. The number of carbonyl (C=O) groups is 1. The predicted octanol–water partition coefficient (Wildman–Crippen LogP) is 3.95. The molecule has 3 aromatic heterocycles. The maximum atomic E-state index is 12.5. The van der Waals surface area contributed by atoms with E-state index in [9.17, 15) is 4.79 Å². The number of amides is 1. The molecular formula is C21H23N7OS3. The third-order valence-electron chi connectivity index (χ3n) is 4.62. The van der Waals surface area contributed by atoms with Crippen LogP contribution in [0.3, 0.4) is 0 Å². The Morgan fingerprint density at radius 3 is 2.66 bits per heavy atom. The van der Waals surface area contributed by atoms with Gasteiger partial charge < -0.3 is 9.13 Å². The van der Waals surface area contributed by atoms with E-state index in [4.69, 9.17) is 0 Å². The van der Waals surface area contributed by atoms with Crippen LogP contribution in [0.1, 0.15) is 24.0 Å². The van der Waals surface area contributed by atoms with Crippen molar-refractivity contribution in [2.24, 2.45) is 7.05 Å². The lowest BCUT2D eigenvalue weighted by molar-refractivity contribution is -0.113. The number of hydrogen-bond donors (Lipinski definition) is 1. The molecule has 0 aliphatic rings. The van der Waals surface area contributed by atoms with E-state index in [2.05, 4.69) is 60.0 Å². The molecule has 0 atom stereocenters. The van der Waals surface area contributed by atoms with Gasteiger partial charge in [-0.1, -0.05) is 72.1 Å². The van der Waals surface area contributed by atoms with Crippen molar-refractivity contribution < 1.29 is 4.79 Å². The van der Waals surface area contributed by atoms with Gasteiger partial charge in [-0.25, -0.2) is 0 Å². The van der Waals surface area contributed by atoms with Crippen LogP contribution in [0.2, 0.25) is 0 Å². The van der Waals surface area contributed by atoms with Gasteiger partial charge in [0, 0.05) is 25.4 Å². The summed E-state index contributed by atoms with van der Waals surface area (Å²) in [4.78, 5) is 12.5. The molecule has 0 aliphatic carbocycles. The molecule has 0 bridgehead atoms. The molecule has 1 aromatic carbocycles. The van der Waals surface area contributed by atoms with Crippen molar-refractivity contribution in [3.63, 3.8) is 0 Å². The van der Waals surface area contributed by atoms with E-state index in [0.717, 1.165) is 27.2 Å². The number of rotatable bonds is 10. The van der Waals surface area contributed by atoms with Gasteiger partial charge in [-0.2, -0.15) is 0 Å². The van der Waals surface area contributed by atoms with Gasteiger partial charge in [0.05, 0.1) is 12.3 Å². The molecule has 0 fully saturated rings.